The van der Waals surface area contributed by atoms with E-state index in [0.717, 1.165) is 25.9 Å². The first-order valence-electron chi connectivity index (χ1n) is 7.63. The van der Waals surface area contributed by atoms with Crippen LogP contribution < -0.4 is 5.32 Å². The van der Waals surface area contributed by atoms with Gasteiger partial charge in [0, 0.05) is 0 Å². The Morgan fingerprint density at radius 3 is 2.95 bits per heavy atom. The number of nitrogens with one attached hydrogen (secondary N) is 1. The van der Waals surface area contributed by atoms with E-state index in [1.807, 2.05) is 6.92 Å². The minimum absolute atomic E-state index is 0.529. The summed E-state index contributed by atoms with van der Waals surface area (Å²) in [4.78, 5) is 0. The lowest BCUT2D eigenvalue weighted by Gasteiger charge is -2.32. The smallest absolute Gasteiger partial charge is 0.0637 e. The van der Waals surface area contributed by atoms with E-state index in [1.54, 1.807) is 0 Å². The maximum absolute atomic E-state index is 10.6. The molecule has 1 aromatic carbocycles. The third-order valence-corrected chi connectivity index (χ3v) is 4.27. The zero-order valence-corrected chi connectivity index (χ0v) is 12.3. The molecule has 0 saturated carbocycles. The predicted molar refractivity (Wildman–Crippen MR) is 80.5 cm³/mol. The van der Waals surface area contributed by atoms with E-state index >= 15 is 0 Å². The minimum atomic E-state index is -0.558. The molecule has 2 heteroatoms. The SMILES string of the molecule is CCNCCC(C)(O)CC1CCCc2ccccc21. The van der Waals surface area contributed by atoms with E-state index in [0.29, 0.717) is 5.92 Å². The number of rotatable bonds is 6. The van der Waals surface area contributed by atoms with Crippen molar-refractivity contribution in [1.29, 1.82) is 0 Å². The van der Waals surface area contributed by atoms with Crippen molar-refractivity contribution >= 4 is 0 Å². The summed E-state index contributed by atoms with van der Waals surface area (Å²) in [6.07, 6.45) is 5.39. The number of benzene rings is 1. The van der Waals surface area contributed by atoms with Gasteiger partial charge in [0.25, 0.3) is 0 Å². The average Bonchev–Trinajstić information content (AvgIpc) is 2.39. The first kappa shape index (κ1) is 14.5. The van der Waals surface area contributed by atoms with Gasteiger partial charge in [-0.15, -0.1) is 0 Å². The molecule has 0 heterocycles. The highest BCUT2D eigenvalue weighted by Gasteiger charge is 2.28. The number of fused-ring (bicyclic) bond motifs is 1. The maximum atomic E-state index is 10.6. The Kier molecular flexibility index (Phi) is 5.00. The molecule has 0 fully saturated rings. The van der Waals surface area contributed by atoms with Crippen LogP contribution in [-0.2, 0) is 6.42 Å². The van der Waals surface area contributed by atoms with Crippen molar-refractivity contribution in [2.45, 2.75) is 57.5 Å². The Hall–Kier alpha value is -0.860. The Labute approximate surface area is 117 Å². The second-order valence-electron chi connectivity index (χ2n) is 6.09. The van der Waals surface area contributed by atoms with Gasteiger partial charge in [0.05, 0.1) is 5.60 Å². The zero-order chi connectivity index (χ0) is 13.7. The van der Waals surface area contributed by atoms with Crippen LogP contribution in [0, 0.1) is 0 Å². The second kappa shape index (κ2) is 6.53. The minimum Gasteiger partial charge on any atom is -0.390 e. The topological polar surface area (TPSA) is 32.3 Å². The molecular formula is C17H27NO. The molecule has 0 aliphatic heterocycles. The summed E-state index contributed by atoms with van der Waals surface area (Å²) in [6, 6.07) is 8.75. The highest BCUT2D eigenvalue weighted by molar-refractivity contribution is 5.32. The van der Waals surface area contributed by atoms with Crippen LogP contribution in [-0.4, -0.2) is 23.8 Å². The molecule has 0 aromatic heterocycles. The van der Waals surface area contributed by atoms with E-state index in [9.17, 15) is 5.11 Å². The van der Waals surface area contributed by atoms with Gasteiger partial charge in [-0.25, -0.2) is 0 Å². The Morgan fingerprint density at radius 1 is 1.37 bits per heavy atom. The first-order valence-corrected chi connectivity index (χ1v) is 7.63. The lowest BCUT2D eigenvalue weighted by molar-refractivity contribution is 0.0334. The van der Waals surface area contributed by atoms with E-state index in [-0.39, 0.29) is 0 Å². The molecule has 2 unspecified atom stereocenters. The van der Waals surface area contributed by atoms with Crippen LogP contribution in [0.4, 0.5) is 0 Å². The van der Waals surface area contributed by atoms with Crippen LogP contribution in [0.15, 0.2) is 24.3 Å². The summed E-state index contributed by atoms with van der Waals surface area (Å²) in [5.74, 6) is 0.529. The van der Waals surface area contributed by atoms with Gasteiger partial charge in [-0.05, 0) is 69.2 Å². The van der Waals surface area contributed by atoms with Crippen LogP contribution >= 0.6 is 0 Å². The van der Waals surface area contributed by atoms with E-state index in [4.69, 9.17) is 0 Å². The quantitative estimate of drug-likeness (QED) is 0.770. The Balaban J connectivity index is 1.99. The van der Waals surface area contributed by atoms with Crippen molar-refractivity contribution in [2.75, 3.05) is 13.1 Å². The van der Waals surface area contributed by atoms with Crippen molar-refractivity contribution in [3.8, 4) is 0 Å². The molecule has 2 N–H and O–H groups in total. The van der Waals surface area contributed by atoms with Crippen molar-refractivity contribution in [3.05, 3.63) is 35.4 Å². The highest BCUT2D eigenvalue weighted by atomic mass is 16.3. The third-order valence-electron chi connectivity index (χ3n) is 4.27. The molecule has 19 heavy (non-hydrogen) atoms. The summed E-state index contributed by atoms with van der Waals surface area (Å²) in [7, 11) is 0. The molecule has 0 radical (unpaired) electrons. The van der Waals surface area contributed by atoms with Gasteiger partial charge in [-0.3, -0.25) is 0 Å². The van der Waals surface area contributed by atoms with Gasteiger partial charge < -0.3 is 10.4 Å². The van der Waals surface area contributed by atoms with E-state index < -0.39 is 5.60 Å². The van der Waals surface area contributed by atoms with Gasteiger partial charge in [0.15, 0.2) is 0 Å². The standard InChI is InChI=1S/C17H27NO/c1-3-18-12-11-17(2,19)13-15-9-6-8-14-7-4-5-10-16(14)15/h4-5,7,10,15,18-19H,3,6,8-9,11-13H2,1-2H3. The summed E-state index contributed by atoms with van der Waals surface area (Å²) in [5, 5.41) is 13.9. The molecule has 0 spiro atoms. The first-order chi connectivity index (χ1) is 9.12. The Morgan fingerprint density at radius 2 is 2.16 bits per heavy atom. The summed E-state index contributed by atoms with van der Waals surface area (Å²) >= 11 is 0. The normalized spacial score (nSPS) is 21.7. The fraction of sp³-hybridized carbons (Fsp3) is 0.647. The largest absolute Gasteiger partial charge is 0.390 e. The van der Waals surface area contributed by atoms with Crippen LogP contribution in [0.5, 0.6) is 0 Å². The molecule has 1 aliphatic rings. The lowest BCUT2D eigenvalue weighted by atomic mass is 9.76. The van der Waals surface area contributed by atoms with Crippen LogP contribution in [0.2, 0.25) is 0 Å². The van der Waals surface area contributed by atoms with Crippen LogP contribution in [0.25, 0.3) is 0 Å². The molecule has 1 aromatic rings. The van der Waals surface area contributed by atoms with Crippen LogP contribution in [0.1, 0.15) is 56.6 Å². The molecule has 106 valence electrons. The summed E-state index contributed by atoms with van der Waals surface area (Å²) < 4.78 is 0. The molecule has 0 bridgehead atoms. The van der Waals surface area contributed by atoms with E-state index in [2.05, 4.69) is 36.5 Å². The predicted octanol–water partition coefficient (Wildman–Crippen LogP) is 3.25. The monoisotopic (exact) mass is 261 g/mol. The molecular weight excluding hydrogens is 234 g/mol. The van der Waals surface area contributed by atoms with Crippen molar-refractivity contribution in [3.63, 3.8) is 0 Å². The second-order valence-corrected chi connectivity index (χ2v) is 6.09. The summed E-state index contributed by atoms with van der Waals surface area (Å²) in [5.41, 5.74) is 2.40. The van der Waals surface area contributed by atoms with Gasteiger partial charge in [0.1, 0.15) is 0 Å². The van der Waals surface area contributed by atoms with Crippen molar-refractivity contribution in [1.82, 2.24) is 5.32 Å². The fourth-order valence-electron chi connectivity index (χ4n) is 3.23. The highest BCUT2D eigenvalue weighted by Crippen LogP contribution is 2.37. The number of aryl methyl sites for hydroxylation is 1. The number of aliphatic hydroxyl groups is 1. The van der Waals surface area contributed by atoms with Gasteiger partial charge in [-0.1, -0.05) is 31.2 Å². The molecule has 2 nitrogen and oxygen atoms in total. The summed E-state index contributed by atoms with van der Waals surface area (Å²) in [6.45, 7) is 5.97. The van der Waals surface area contributed by atoms with E-state index in [1.165, 1.54) is 30.4 Å². The fourth-order valence-corrected chi connectivity index (χ4v) is 3.23. The molecule has 2 rings (SSSR count). The zero-order valence-electron chi connectivity index (χ0n) is 12.3. The molecule has 0 amide bonds. The Bertz CT molecular complexity index is 400. The van der Waals surface area contributed by atoms with Gasteiger partial charge in [0.2, 0.25) is 0 Å². The molecule has 0 saturated heterocycles. The average molecular weight is 261 g/mol. The molecule has 1 aliphatic carbocycles. The number of hydrogen-bond donors (Lipinski definition) is 2. The molecule has 2 atom stereocenters. The van der Waals surface area contributed by atoms with Crippen molar-refractivity contribution in [2.24, 2.45) is 0 Å². The lowest BCUT2D eigenvalue weighted by Crippen LogP contribution is -2.32. The van der Waals surface area contributed by atoms with Gasteiger partial charge in [-0.2, -0.15) is 0 Å². The number of hydrogen-bond acceptors (Lipinski definition) is 2. The van der Waals surface area contributed by atoms with Crippen LogP contribution in [0.3, 0.4) is 0 Å². The van der Waals surface area contributed by atoms with Gasteiger partial charge >= 0.3 is 0 Å². The maximum Gasteiger partial charge on any atom is 0.0637 e. The van der Waals surface area contributed by atoms with Crippen molar-refractivity contribution < 1.29 is 5.11 Å². The third kappa shape index (κ3) is 4.05.